The van der Waals surface area contributed by atoms with Gasteiger partial charge in [-0.2, -0.15) is 13.2 Å². The van der Waals surface area contributed by atoms with Crippen LogP contribution >= 0.6 is 11.6 Å². The first-order chi connectivity index (χ1) is 6.73. The third-order valence-corrected chi connectivity index (χ3v) is 2.21. The van der Waals surface area contributed by atoms with E-state index in [2.05, 4.69) is 0 Å². The molecule has 0 amide bonds. The second-order valence-corrected chi connectivity index (χ2v) is 3.59. The third-order valence-electron chi connectivity index (χ3n) is 1.92. The average molecular weight is 240 g/mol. The standard InChI is InChI=1S/C9H9ClF3NO/c1-4(14)5-2-6(9(11,12)13)8(15)7(10)3-5/h2-4,15H,14H2,1H3. The van der Waals surface area contributed by atoms with Crippen LogP contribution in [-0.4, -0.2) is 5.11 Å². The van der Waals surface area contributed by atoms with Crippen LogP contribution in [0.3, 0.4) is 0 Å². The number of hydrogen-bond donors (Lipinski definition) is 2. The SMILES string of the molecule is CC(N)c1cc(Cl)c(O)c(C(F)(F)F)c1. The third kappa shape index (κ3) is 2.54. The molecule has 1 aromatic carbocycles. The van der Waals surface area contributed by atoms with Crippen LogP contribution in [0.15, 0.2) is 12.1 Å². The van der Waals surface area contributed by atoms with E-state index in [1.165, 1.54) is 13.0 Å². The summed E-state index contributed by atoms with van der Waals surface area (Å²) in [7, 11) is 0. The number of nitrogens with two attached hydrogens (primary N) is 1. The minimum atomic E-state index is -4.64. The van der Waals surface area contributed by atoms with Gasteiger partial charge in [0, 0.05) is 6.04 Å². The minimum Gasteiger partial charge on any atom is -0.506 e. The molecule has 2 nitrogen and oxygen atoms in total. The van der Waals surface area contributed by atoms with E-state index in [0.717, 1.165) is 6.07 Å². The second kappa shape index (κ2) is 3.90. The molecule has 1 aromatic rings. The molecule has 0 aliphatic rings. The Labute approximate surface area is 89.5 Å². The molecule has 1 atom stereocenters. The number of rotatable bonds is 1. The Morgan fingerprint density at radius 1 is 1.40 bits per heavy atom. The zero-order valence-corrected chi connectivity index (χ0v) is 8.52. The summed E-state index contributed by atoms with van der Waals surface area (Å²) < 4.78 is 37.2. The lowest BCUT2D eigenvalue weighted by Gasteiger charge is -2.14. The van der Waals surface area contributed by atoms with Gasteiger partial charge in [0.1, 0.15) is 5.75 Å². The van der Waals surface area contributed by atoms with Gasteiger partial charge in [0.15, 0.2) is 0 Å². The van der Waals surface area contributed by atoms with Gasteiger partial charge in [-0.25, -0.2) is 0 Å². The molecule has 0 radical (unpaired) electrons. The first-order valence-electron chi connectivity index (χ1n) is 4.08. The van der Waals surface area contributed by atoms with E-state index >= 15 is 0 Å². The van der Waals surface area contributed by atoms with Crippen molar-refractivity contribution in [2.75, 3.05) is 0 Å². The summed E-state index contributed by atoms with van der Waals surface area (Å²) in [6.07, 6.45) is -4.64. The maximum Gasteiger partial charge on any atom is 0.420 e. The van der Waals surface area contributed by atoms with Gasteiger partial charge in [-0.05, 0) is 24.6 Å². The highest BCUT2D eigenvalue weighted by atomic mass is 35.5. The molecular formula is C9H9ClF3NO. The number of phenols is 1. The Morgan fingerprint density at radius 2 is 1.93 bits per heavy atom. The predicted molar refractivity (Wildman–Crippen MR) is 50.7 cm³/mol. The fraction of sp³-hybridized carbons (Fsp3) is 0.333. The van der Waals surface area contributed by atoms with Crippen LogP contribution in [0.2, 0.25) is 5.02 Å². The first-order valence-corrected chi connectivity index (χ1v) is 4.46. The predicted octanol–water partition coefficient (Wildman–Crippen LogP) is 3.08. The van der Waals surface area contributed by atoms with Crippen LogP contribution in [0.5, 0.6) is 5.75 Å². The molecule has 1 rings (SSSR count). The topological polar surface area (TPSA) is 46.2 Å². The normalized spacial score (nSPS) is 14.0. The molecule has 0 saturated carbocycles. The highest BCUT2D eigenvalue weighted by molar-refractivity contribution is 6.32. The summed E-state index contributed by atoms with van der Waals surface area (Å²) in [5.41, 5.74) is 4.50. The Kier molecular flexibility index (Phi) is 3.16. The maximum atomic E-state index is 12.4. The first kappa shape index (κ1) is 12.1. The van der Waals surface area contributed by atoms with Crippen LogP contribution in [0.25, 0.3) is 0 Å². The van der Waals surface area contributed by atoms with Crippen LogP contribution in [0.1, 0.15) is 24.1 Å². The van der Waals surface area contributed by atoms with Gasteiger partial charge < -0.3 is 10.8 Å². The Balaban J connectivity index is 3.38. The molecule has 1 unspecified atom stereocenters. The molecule has 0 fully saturated rings. The van der Waals surface area contributed by atoms with E-state index in [0.29, 0.717) is 0 Å². The molecule has 0 aliphatic heterocycles. The van der Waals surface area contributed by atoms with Gasteiger partial charge in [0.05, 0.1) is 10.6 Å². The Morgan fingerprint density at radius 3 is 2.33 bits per heavy atom. The minimum absolute atomic E-state index is 0.227. The molecule has 0 heterocycles. The summed E-state index contributed by atoms with van der Waals surface area (Å²) in [4.78, 5) is 0. The van der Waals surface area contributed by atoms with Crippen molar-refractivity contribution in [3.05, 3.63) is 28.3 Å². The molecule has 0 saturated heterocycles. The largest absolute Gasteiger partial charge is 0.506 e. The lowest BCUT2D eigenvalue weighted by Crippen LogP contribution is -2.10. The van der Waals surface area contributed by atoms with Gasteiger partial charge in [-0.3, -0.25) is 0 Å². The second-order valence-electron chi connectivity index (χ2n) is 3.19. The summed E-state index contributed by atoms with van der Waals surface area (Å²) in [6, 6.07) is 1.44. The van der Waals surface area contributed by atoms with E-state index in [1.54, 1.807) is 0 Å². The summed E-state index contributed by atoms with van der Waals surface area (Å²) in [6.45, 7) is 1.53. The van der Waals surface area contributed by atoms with E-state index in [4.69, 9.17) is 22.4 Å². The van der Waals surface area contributed by atoms with Crippen molar-refractivity contribution < 1.29 is 18.3 Å². The highest BCUT2D eigenvalue weighted by Gasteiger charge is 2.35. The van der Waals surface area contributed by atoms with E-state index in [1.807, 2.05) is 0 Å². The number of aromatic hydroxyl groups is 1. The number of benzene rings is 1. The van der Waals surface area contributed by atoms with Crippen LogP contribution in [0.4, 0.5) is 13.2 Å². The van der Waals surface area contributed by atoms with Crippen molar-refractivity contribution in [2.45, 2.75) is 19.1 Å². The quantitative estimate of drug-likeness (QED) is 0.791. The molecule has 15 heavy (non-hydrogen) atoms. The van der Waals surface area contributed by atoms with Crippen LogP contribution < -0.4 is 5.73 Å². The smallest absolute Gasteiger partial charge is 0.420 e. The fourth-order valence-corrected chi connectivity index (χ4v) is 1.33. The van der Waals surface area contributed by atoms with Gasteiger partial charge in [0.2, 0.25) is 0 Å². The highest BCUT2D eigenvalue weighted by Crippen LogP contribution is 2.40. The molecule has 0 aliphatic carbocycles. The molecular weight excluding hydrogens is 231 g/mol. The zero-order valence-electron chi connectivity index (χ0n) is 7.77. The van der Waals surface area contributed by atoms with E-state index in [-0.39, 0.29) is 10.6 Å². The average Bonchev–Trinajstić information content (AvgIpc) is 2.06. The van der Waals surface area contributed by atoms with Crippen molar-refractivity contribution in [1.82, 2.24) is 0 Å². The van der Waals surface area contributed by atoms with Gasteiger partial charge in [-0.15, -0.1) is 0 Å². The lowest BCUT2D eigenvalue weighted by atomic mass is 10.0. The lowest BCUT2D eigenvalue weighted by molar-refractivity contribution is -0.138. The van der Waals surface area contributed by atoms with E-state index < -0.39 is 23.5 Å². The summed E-state index contributed by atoms with van der Waals surface area (Å²) in [5, 5.41) is 8.80. The monoisotopic (exact) mass is 239 g/mol. The van der Waals surface area contributed by atoms with Crippen LogP contribution in [-0.2, 0) is 6.18 Å². The zero-order chi connectivity index (χ0) is 11.8. The van der Waals surface area contributed by atoms with Crippen molar-refractivity contribution in [2.24, 2.45) is 5.73 Å². The number of halogens is 4. The van der Waals surface area contributed by atoms with Crippen molar-refractivity contribution in [3.63, 3.8) is 0 Å². The number of alkyl halides is 3. The Bertz CT molecular complexity index is 376. The van der Waals surface area contributed by atoms with Crippen molar-refractivity contribution >= 4 is 11.6 Å². The molecule has 0 bridgehead atoms. The van der Waals surface area contributed by atoms with E-state index in [9.17, 15) is 13.2 Å². The van der Waals surface area contributed by atoms with Gasteiger partial charge in [-0.1, -0.05) is 11.6 Å². The molecule has 6 heteroatoms. The van der Waals surface area contributed by atoms with Gasteiger partial charge in [0.25, 0.3) is 0 Å². The molecule has 84 valence electrons. The van der Waals surface area contributed by atoms with Crippen molar-refractivity contribution in [3.8, 4) is 5.75 Å². The molecule has 0 spiro atoms. The van der Waals surface area contributed by atoms with Crippen LogP contribution in [0, 0.1) is 0 Å². The molecule has 0 aromatic heterocycles. The van der Waals surface area contributed by atoms with Crippen molar-refractivity contribution in [1.29, 1.82) is 0 Å². The maximum absolute atomic E-state index is 12.4. The number of phenolic OH excluding ortho intramolecular Hbond substituents is 1. The molecule has 3 N–H and O–H groups in total. The Hall–Kier alpha value is -0.940. The van der Waals surface area contributed by atoms with Gasteiger partial charge >= 0.3 is 6.18 Å². The summed E-state index contributed by atoms with van der Waals surface area (Å²) >= 11 is 5.46. The summed E-state index contributed by atoms with van der Waals surface area (Å²) in [5.74, 6) is -0.964. The fourth-order valence-electron chi connectivity index (χ4n) is 1.10. The number of hydrogen-bond acceptors (Lipinski definition) is 2.